The maximum Gasteiger partial charge on any atom is 0.262 e. The molecule has 1 atom stereocenters. The molecule has 0 aliphatic carbocycles. The third-order valence-electron chi connectivity index (χ3n) is 4.79. The Morgan fingerprint density at radius 1 is 1.18 bits per heavy atom. The Labute approximate surface area is 169 Å². The molecule has 0 radical (unpaired) electrons. The van der Waals surface area contributed by atoms with Crippen LogP contribution in [0.5, 0.6) is 0 Å². The van der Waals surface area contributed by atoms with E-state index in [1.165, 1.54) is 0 Å². The molecular formula is C20H17BrN4O3. The number of nitrogens with one attached hydrogen (secondary N) is 1. The van der Waals surface area contributed by atoms with Crippen LogP contribution in [-0.4, -0.2) is 38.0 Å². The summed E-state index contributed by atoms with van der Waals surface area (Å²) in [4.78, 5) is 43.1. The van der Waals surface area contributed by atoms with Crippen molar-refractivity contribution in [3.8, 4) is 0 Å². The van der Waals surface area contributed by atoms with Crippen molar-refractivity contribution >= 4 is 39.3 Å². The molecule has 28 heavy (non-hydrogen) atoms. The first-order valence-electron chi connectivity index (χ1n) is 8.75. The molecule has 0 saturated heterocycles. The van der Waals surface area contributed by atoms with Gasteiger partial charge in [0.1, 0.15) is 11.7 Å². The quantitative estimate of drug-likeness (QED) is 0.632. The van der Waals surface area contributed by atoms with Crippen LogP contribution in [0.25, 0.3) is 5.65 Å². The number of aryl methyl sites for hydroxylation is 1. The van der Waals surface area contributed by atoms with Crippen molar-refractivity contribution in [2.75, 3.05) is 0 Å². The number of imide groups is 1. The molecule has 3 heterocycles. The molecule has 1 aliphatic rings. The van der Waals surface area contributed by atoms with E-state index in [9.17, 15) is 14.4 Å². The molecule has 3 aromatic rings. The summed E-state index contributed by atoms with van der Waals surface area (Å²) in [6, 6.07) is 7.63. The fourth-order valence-corrected chi connectivity index (χ4v) is 3.93. The fraction of sp³-hybridized carbons (Fsp3) is 0.200. The number of halogens is 1. The number of rotatable bonds is 4. The number of carbonyl (C=O) groups excluding carboxylic acids is 3. The van der Waals surface area contributed by atoms with E-state index in [1.54, 1.807) is 31.2 Å². The molecule has 0 fully saturated rings. The third kappa shape index (κ3) is 2.99. The summed E-state index contributed by atoms with van der Waals surface area (Å²) >= 11 is 3.45. The zero-order valence-electron chi connectivity index (χ0n) is 15.3. The predicted octanol–water partition coefficient (Wildman–Crippen LogP) is 2.71. The number of hydrogen-bond acceptors (Lipinski definition) is 4. The van der Waals surface area contributed by atoms with Crippen molar-refractivity contribution in [3.05, 3.63) is 69.6 Å². The number of nitrogens with zero attached hydrogens (tertiary/aromatic N) is 3. The van der Waals surface area contributed by atoms with Gasteiger partial charge in [0, 0.05) is 16.9 Å². The van der Waals surface area contributed by atoms with Crippen LogP contribution in [0.15, 0.2) is 47.2 Å². The van der Waals surface area contributed by atoms with Crippen molar-refractivity contribution in [1.29, 1.82) is 0 Å². The highest BCUT2D eigenvalue weighted by atomic mass is 79.9. The highest BCUT2D eigenvalue weighted by Crippen LogP contribution is 2.24. The largest absolute Gasteiger partial charge is 0.349 e. The molecule has 0 saturated carbocycles. The molecule has 7 nitrogen and oxygen atoms in total. The molecule has 1 N–H and O–H groups in total. The summed E-state index contributed by atoms with van der Waals surface area (Å²) < 4.78 is 2.82. The second-order valence-electron chi connectivity index (χ2n) is 6.72. The van der Waals surface area contributed by atoms with Crippen LogP contribution in [0.1, 0.15) is 38.9 Å². The van der Waals surface area contributed by atoms with Crippen LogP contribution in [-0.2, 0) is 11.3 Å². The van der Waals surface area contributed by atoms with Crippen LogP contribution in [0.3, 0.4) is 0 Å². The molecule has 0 bridgehead atoms. The molecule has 8 heteroatoms. The van der Waals surface area contributed by atoms with Gasteiger partial charge in [-0.15, -0.1) is 0 Å². The SMILES string of the molecule is Cc1cc(Br)cn2cc(CNC(=O)C(C)N3C(=O)c4ccccc4C3=O)nc12. The molecule has 0 spiro atoms. The van der Waals surface area contributed by atoms with Gasteiger partial charge < -0.3 is 9.72 Å². The highest BCUT2D eigenvalue weighted by Gasteiger charge is 2.40. The van der Waals surface area contributed by atoms with E-state index in [1.807, 2.05) is 29.8 Å². The average molecular weight is 441 g/mol. The molecule has 2 aromatic heterocycles. The molecule has 3 amide bonds. The van der Waals surface area contributed by atoms with Crippen LogP contribution >= 0.6 is 15.9 Å². The Hall–Kier alpha value is -3.00. The molecular weight excluding hydrogens is 424 g/mol. The summed E-state index contributed by atoms with van der Waals surface area (Å²) in [5, 5.41) is 2.77. The maximum atomic E-state index is 12.6. The van der Waals surface area contributed by atoms with Gasteiger partial charge in [0.2, 0.25) is 5.91 Å². The van der Waals surface area contributed by atoms with Gasteiger partial charge in [0.15, 0.2) is 0 Å². The predicted molar refractivity (Wildman–Crippen MR) is 106 cm³/mol. The number of pyridine rings is 1. The number of amides is 3. The number of imidazole rings is 1. The Morgan fingerprint density at radius 2 is 1.82 bits per heavy atom. The van der Waals surface area contributed by atoms with Crippen molar-refractivity contribution in [1.82, 2.24) is 19.6 Å². The van der Waals surface area contributed by atoms with E-state index in [0.29, 0.717) is 16.8 Å². The summed E-state index contributed by atoms with van der Waals surface area (Å²) in [5.74, 6) is -1.31. The van der Waals surface area contributed by atoms with E-state index in [4.69, 9.17) is 0 Å². The third-order valence-corrected chi connectivity index (χ3v) is 5.22. The van der Waals surface area contributed by atoms with Crippen LogP contribution < -0.4 is 5.32 Å². The number of fused-ring (bicyclic) bond motifs is 2. The molecule has 142 valence electrons. The first-order chi connectivity index (χ1) is 13.4. The highest BCUT2D eigenvalue weighted by molar-refractivity contribution is 9.10. The van der Waals surface area contributed by atoms with Crippen LogP contribution in [0.4, 0.5) is 0 Å². The molecule has 1 unspecified atom stereocenters. The molecule has 4 rings (SSSR count). The van der Waals surface area contributed by atoms with E-state index >= 15 is 0 Å². The zero-order valence-corrected chi connectivity index (χ0v) is 16.9. The Balaban J connectivity index is 1.48. The Morgan fingerprint density at radius 3 is 2.46 bits per heavy atom. The van der Waals surface area contributed by atoms with Crippen molar-refractivity contribution in [2.24, 2.45) is 0 Å². The lowest BCUT2D eigenvalue weighted by molar-refractivity contribution is -0.124. The Kier molecular flexibility index (Phi) is 4.50. The first kappa shape index (κ1) is 18.4. The topological polar surface area (TPSA) is 83.8 Å². The van der Waals surface area contributed by atoms with Gasteiger partial charge in [0.25, 0.3) is 11.8 Å². The standard InChI is InChI=1S/C20H17BrN4O3/c1-11-7-13(21)9-24-10-14(23-17(11)24)8-22-18(26)12(2)25-19(27)15-5-3-4-6-16(15)20(25)28/h3-7,9-10,12H,8H2,1-2H3,(H,22,26). The number of aromatic nitrogens is 2. The fourth-order valence-electron chi connectivity index (χ4n) is 3.36. The van der Waals surface area contributed by atoms with Crippen LogP contribution in [0.2, 0.25) is 0 Å². The summed E-state index contributed by atoms with van der Waals surface area (Å²) in [5.41, 5.74) is 3.15. The number of carbonyl (C=O) groups is 3. The van der Waals surface area contributed by atoms with Gasteiger partial charge in [-0.25, -0.2) is 4.98 Å². The normalized spacial score (nSPS) is 14.5. The summed E-state index contributed by atoms with van der Waals surface area (Å²) in [6.07, 6.45) is 3.72. The average Bonchev–Trinajstić information content (AvgIpc) is 3.19. The van der Waals surface area contributed by atoms with E-state index in [0.717, 1.165) is 20.6 Å². The lowest BCUT2D eigenvalue weighted by Gasteiger charge is -2.21. The van der Waals surface area contributed by atoms with Gasteiger partial charge >= 0.3 is 0 Å². The minimum absolute atomic E-state index is 0.199. The summed E-state index contributed by atoms with van der Waals surface area (Å²) in [6.45, 7) is 3.70. The zero-order chi connectivity index (χ0) is 20.0. The van der Waals surface area contributed by atoms with Gasteiger partial charge in [0.05, 0.1) is 23.4 Å². The van der Waals surface area contributed by atoms with E-state index < -0.39 is 23.8 Å². The lowest BCUT2D eigenvalue weighted by atomic mass is 10.1. The van der Waals surface area contributed by atoms with Gasteiger partial charge in [-0.1, -0.05) is 12.1 Å². The monoisotopic (exact) mass is 440 g/mol. The lowest BCUT2D eigenvalue weighted by Crippen LogP contribution is -2.47. The number of benzene rings is 1. The van der Waals surface area contributed by atoms with Gasteiger partial charge in [-0.05, 0) is 53.5 Å². The van der Waals surface area contributed by atoms with Crippen molar-refractivity contribution < 1.29 is 14.4 Å². The molecule has 1 aromatic carbocycles. The smallest absolute Gasteiger partial charge is 0.262 e. The Bertz CT molecular complexity index is 1100. The van der Waals surface area contributed by atoms with E-state index in [2.05, 4.69) is 26.2 Å². The second kappa shape index (κ2) is 6.87. The minimum Gasteiger partial charge on any atom is -0.349 e. The van der Waals surface area contributed by atoms with Crippen molar-refractivity contribution in [3.63, 3.8) is 0 Å². The van der Waals surface area contributed by atoms with E-state index in [-0.39, 0.29) is 6.54 Å². The first-order valence-corrected chi connectivity index (χ1v) is 9.54. The van der Waals surface area contributed by atoms with Crippen LogP contribution in [0, 0.1) is 6.92 Å². The maximum absolute atomic E-state index is 12.6. The summed E-state index contributed by atoms with van der Waals surface area (Å²) in [7, 11) is 0. The van der Waals surface area contributed by atoms with Gasteiger partial charge in [-0.2, -0.15) is 0 Å². The minimum atomic E-state index is -0.916. The molecule has 1 aliphatic heterocycles. The second-order valence-corrected chi connectivity index (χ2v) is 7.64. The number of hydrogen-bond donors (Lipinski definition) is 1. The van der Waals surface area contributed by atoms with Gasteiger partial charge in [-0.3, -0.25) is 19.3 Å². The van der Waals surface area contributed by atoms with Crippen molar-refractivity contribution in [2.45, 2.75) is 26.4 Å².